The van der Waals surface area contributed by atoms with E-state index in [1.54, 1.807) is 44.7 Å². The molecule has 1 heterocycles. The topological polar surface area (TPSA) is 72.7 Å². The van der Waals surface area contributed by atoms with Crippen LogP contribution in [0.1, 0.15) is 11.3 Å². The summed E-state index contributed by atoms with van der Waals surface area (Å²) in [5.41, 5.74) is 1.53. The Morgan fingerprint density at radius 1 is 1.24 bits per heavy atom. The molecule has 6 heteroatoms. The van der Waals surface area contributed by atoms with Crippen LogP contribution in [0.3, 0.4) is 0 Å². The zero-order chi connectivity index (χ0) is 15.2. The fourth-order valence-electron chi connectivity index (χ4n) is 1.86. The van der Waals surface area contributed by atoms with Gasteiger partial charge < -0.3 is 24.5 Å². The monoisotopic (exact) mass is 290 g/mol. The van der Waals surface area contributed by atoms with Crippen LogP contribution < -0.4 is 20.1 Å². The highest BCUT2D eigenvalue weighted by Gasteiger charge is 2.11. The van der Waals surface area contributed by atoms with Crippen molar-refractivity contribution in [3.8, 4) is 11.5 Å². The Labute approximate surface area is 123 Å². The Morgan fingerprint density at radius 3 is 2.57 bits per heavy atom. The van der Waals surface area contributed by atoms with Gasteiger partial charge in [-0.05, 0) is 30.7 Å². The number of amides is 2. The van der Waals surface area contributed by atoms with E-state index >= 15 is 0 Å². The summed E-state index contributed by atoms with van der Waals surface area (Å²) in [6.07, 6.45) is 1.56. The van der Waals surface area contributed by atoms with Crippen molar-refractivity contribution in [2.75, 3.05) is 19.5 Å². The van der Waals surface area contributed by atoms with Crippen LogP contribution >= 0.6 is 0 Å². The van der Waals surface area contributed by atoms with E-state index in [1.165, 1.54) is 0 Å². The standard InChI is InChI=1S/C15H18N2O4/c1-10-7-13(19-2)14(20-3)8-12(10)17-15(18)16-9-11-5-4-6-21-11/h4-8H,9H2,1-3H3,(H2,16,17,18). The number of hydrogen-bond donors (Lipinski definition) is 2. The molecule has 0 spiro atoms. The predicted octanol–water partition coefficient (Wildman–Crippen LogP) is 2.93. The van der Waals surface area contributed by atoms with Gasteiger partial charge in [0.2, 0.25) is 0 Å². The summed E-state index contributed by atoms with van der Waals surface area (Å²) >= 11 is 0. The molecular formula is C15H18N2O4. The summed E-state index contributed by atoms with van der Waals surface area (Å²) in [6.45, 7) is 2.20. The van der Waals surface area contributed by atoms with E-state index in [0.717, 1.165) is 5.56 Å². The van der Waals surface area contributed by atoms with Gasteiger partial charge in [0.25, 0.3) is 0 Å². The van der Waals surface area contributed by atoms with Crippen LogP contribution in [-0.4, -0.2) is 20.3 Å². The van der Waals surface area contributed by atoms with Gasteiger partial charge in [0.15, 0.2) is 11.5 Å². The normalized spacial score (nSPS) is 10.0. The number of furan rings is 1. The Bertz CT molecular complexity index is 608. The van der Waals surface area contributed by atoms with Crippen LogP contribution in [0.15, 0.2) is 34.9 Å². The van der Waals surface area contributed by atoms with E-state index in [2.05, 4.69) is 10.6 Å². The molecule has 21 heavy (non-hydrogen) atoms. The first-order valence-corrected chi connectivity index (χ1v) is 6.44. The number of ether oxygens (including phenoxy) is 2. The van der Waals surface area contributed by atoms with E-state index in [1.807, 2.05) is 6.92 Å². The second-order valence-corrected chi connectivity index (χ2v) is 4.41. The highest BCUT2D eigenvalue weighted by Crippen LogP contribution is 2.32. The number of urea groups is 1. The first-order valence-electron chi connectivity index (χ1n) is 6.44. The van der Waals surface area contributed by atoms with Crippen molar-refractivity contribution in [3.63, 3.8) is 0 Å². The van der Waals surface area contributed by atoms with E-state index < -0.39 is 0 Å². The van der Waals surface area contributed by atoms with Gasteiger partial charge in [0, 0.05) is 11.8 Å². The fraction of sp³-hybridized carbons (Fsp3) is 0.267. The molecule has 2 amide bonds. The van der Waals surface area contributed by atoms with Gasteiger partial charge in [-0.2, -0.15) is 0 Å². The lowest BCUT2D eigenvalue weighted by atomic mass is 10.1. The van der Waals surface area contributed by atoms with Gasteiger partial charge in [0.05, 0.1) is 27.0 Å². The maximum Gasteiger partial charge on any atom is 0.319 e. The van der Waals surface area contributed by atoms with Crippen LogP contribution in [-0.2, 0) is 6.54 Å². The number of anilines is 1. The van der Waals surface area contributed by atoms with Crippen LogP contribution in [0, 0.1) is 6.92 Å². The summed E-state index contributed by atoms with van der Waals surface area (Å²) < 4.78 is 15.6. The number of carbonyl (C=O) groups is 1. The van der Waals surface area contributed by atoms with Gasteiger partial charge in [-0.15, -0.1) is 0 Å². The van der Waals surface area contributed by atoms with Crippen molar-refractivity contribution < 1.29 is 18.7 Å². The quantitative estimate of drug-likeness (QED) is 0.888. The Balaban J connectivity index is 2.03. The summed E-state index contributed by atoms with van der Waals surface area (Å²) in [4.78, 5) is 11.9. The number of nitrogens with one attached hydrogen (secondary N) is 2. The number of aryl methyl sites for hydroxylation is 1. The molecule has 0 aliphatic heterocycles. The van der Waals surface area contributed by atoms with Crippen molar-refractivity contribution >= 4 is 11.7 Å². The summed E-state index contributed by atoms with van der Waals surface area (Å²) in [6, 6.07) is 6.78. The van der Waals surface area contributed by atoms with Gasteiger partial charge in [-0.25, -0.2) is 4.79 Å². The van der Waals surface area contributed by atoms with Crippen molar-refractivity contribution in [1.29, 1.82) is 0 Å². The average Bonchev–Trinajstić information content (AvgIpc) is 3.00. The third kappa shape index (κ3) is 3.68. The van der Waals surface area contributed by atoms with Crippen molar-refractivity contribution in [3.05, 3.63) is 41.9 Å². The smallest absolute Gasteiger partial charge is 0.319 e. The SMILES string of the molecule is COc1cc(C)c(NC(=O)NCc2ccco2)cc1OC. The number of hydrogen-bond acceptors (Lipinski definition) is 4. The second-order valence-electron chi connectivity index (χ2n) is 4.41. The summed E-state index contributed by atoms with van der Waals surface area (Å²) in [5, 5.41) is 5.48. The highest BCUT2D eigenvalue weighted by atomic mass is 16.5. The van der Waals surface area contributed by atoms with E-state index in [9.17, 15) is 4.79 Å². The van der Waals surface area contributed by atoms with Gasteiger partial charge in [0.1, 0.15) is 5.76 Å². The predicted molar refractivity (Wildman–Crippen MR) is 78.8 cm³/mol. The molecule has 6 nitrogen and oxygen atoms in total. The molecule has 0 unspecified atom stereocenters. The molecule has 2 aromatic rings. The molecule has 1 aromatic carbocycles. The molecule has 1 aromatic heterocycles. The third-order valence-electron chi connectivity index (χ3n) is 2.98. The minimum atomic E-state index is -0.318. The third-order valence-corrected chi connectivity index (χ3v) is 2.98. The van der Waals surface area contributed by atoms with E-state index in [0.29, 0.717) is 29.5 Å². The largest absolute Gasteiger partial charge is 0.493 e. The first kappa shape index (κ1) is 14.8. The lowest BCUT2D eigenvalue weighted by Crippen LogP contribution is -2.28. The lowest BCUT2D eigenvalue weighted by molar-refractivity contribution is 0.251. The van der Waals surface area contributed by atoms with E-state index in [4.69, 9.17) is 13.9 Å². The molecule has 2 N–H and O–H groups in total. The first-order chi connectivity index (χ1) is 10.1. The maximum atomic E-state index is 11.9. The zero-order valence-corrected chi connectivity index (χ0v) is 12.2. The molecule has 0 aliphatic carbocycles. The molecular weight excluding hydrogens is 272 g/mol. The van der Waals surface area contributed by atoms with Gasteiger partial charge in [-0.1, -0.05) is 0 Å². The summed E-state index contributed by atoms with van der Waals surface area (Å²) in [7, 11) is 3.12. The lowest BCUT2D eigenvalue weighted by Gasteiger charge is -2.13. The van der Waals surface area contributed by atoms with E-state index in [-0.39, 0.29) is 6.03 Å². The number of carbonyl (C=O) groups excluding carboxylic acids is 1. The summed E-state index contributed by atoms with van der Waals surface area (Å²) in [5.74, 6) is 1.87. The molecule has 0 fully saturated rings. The molecule has 0 saturated heterocycles. The molecule has 0 atom stereocenters. The van der Waals surface area contributed by atoms with Crippen LogP contribution in [0.4, 0.5) is 10.5 Å². The van der Waals surface area contributed by atoms with Crippen LogP contribution in [0.2, 0.25) is 0 Å². The Kier molecular flexibility index (Phi) is 4.71. The number of methoxy groups -OCH3 is 2. The molecule has 2 rings (SSSR count). The van der Waals surface area contributed by atoms with Crippen molar-refractivity contribution in [2.24, 2.45) is 0 Å². The Hall–Kier alpha value is -2.63. The second kappa shape index (κ2) is 6.69. The highest BCUT2D eigenvalue weighted by molar-refractivity contribution is 5.90. The van der Waals surface area contributed by atoms with Crippen LogP contribution in [0.5, 0.6) is 11.5 Å². The number of benzene rings is 1. The molecule has 0 saturated carbocycles. The molecule has 0 bridgehead atoms. The van der Waals surface area contributed by atoms with Gasteiger partial charge in [-0.3, -0.25) is 0 Å². The average molecular weight is 290 g/mol. The van der Waals surface area contributed by atoms with Gasteiger partial charge >= 0.3 is 6.03 Å². The fourth-order valence-corrected chi connectivity index (χ4v) is 1.86. The zero-order valence-electron chi connectivity index (χ0n) is 12.2. The molecule has 112 valence electrons. The minimum absolute atomic E-state index is 0.318. The Morgan fingerprint density at radius 2 is 1.95 bits per heavy atom. The molecule has 0 aliphatic rings. The van der Waals surface area contributed by atoms with Crippen molar-refractivity contribution in [1.82, 2.24) is 5.32 Å². The number of rotatable bonds is 5. The molecule has 0 radical (unpaired) electrons. The van der Waals surface area contributed by atoms with Crippen molar-refractivity contribution in [2.45, 2.75) is 13.5 Å². The maximum absolute atomic E-state index is 11.9. The van der Waals surface area contributed by atoms with Crippen LogP contribution in [0.25, 0.3) is 0 Å². The minimum Gasteiger partial charge on any atom is -0.493 e.